The summed E-state index contributed by atoms with van der Waals surface area (Å²) in [6.07, 6.45) is 3.34. The molecular weight excluding hydrogens is 436 g/mol. The number of aliphatic imine (C=N–C) groups is 1. The fourth-order valence-electron chi connectivity index (χ4n) is 3.56. The van der Waals surface area contributed by atoms with Gasteiger partial charge in [0, 0.05) is 16.1 Å². The van der Waals surface area contributed by atoms with Crippen molar-refractivity contribution >= 4 is 27.3 Å². The SMILES string of the molecule is O=[N+]([O-])c1ccccc1C1=NCc2c(-c3ccco3)ncn2-c2ccc(Br)cc21. The number of para-hydroxylation sites is 1. The molecule has 0 fully saturated rings. The summed E-state index contributed by atoms with van der Waals surface area (Å²) in [7, 11) is 0. The van der Waals surface area contributed by atoms with Gasteiger partial charge in [-0.15, -0.1) is 0 Å². The third kappa shape index (κ3) is 2.89. The standard InChI is InChI=1S/C21H13BrN4O3/c22-13-7-8-16-15(10-13)20(14-4-1-2-5-17(14)26(27)28)23-11-18-21(24-12-25(16)18)19-6-3-9-29-19/h1-10,12H,11H2. The molecule has 0 atom stereocenters. The second kappa shape index (κ2) is 6.82. The Hall–Kier alpha value is -3.52. The summed E-state index contributed by atoms with van der Waals surface area (Å²) in [5.41, 5.74) is 4.28. The van der Waals surface area contributed by atoms with Gasteiger partial charge in [-0.2, -0.15) is 0 Å². The number of nitro benzene ring substituents is 1. The van der Waals surface area contributed by atoms with Crippen molar-refractivity contribution in [1.29, 1.82) is 0 Å². The number of furan rings is 1. The van der Waals surface area contributed by atoms with Gasteiger partial charge in [0.25, 0.3) is 5.69 Å². The molecule has 29 heavy (non-hydrogen) atoms. The number of hydrogen-bond acceptors (Lipinski definition) is 5. The Morgan fingerprint density at radius 3 is 2.76 bits per heavy atom. The second-order valence-electron chi connectivity index (χ2n) is 6.49. The van der Waals surface area contributed by atoms with Crippen molar-refractivity contribution in [1.82, 2.24) is 9.55 Å². The van der Waals surface area contributed by atoms with E-state index in [2.05, 4.69) is 20.9 Å². The van der Waals surface area contributed by atoms with Crippen LogP contribution in [0.3, 0.4) is 0 Å². The van der Waals surface area contributed by atoms with Gasteiger partial charge in [-0.1, -0.05) is 28.1 Å². The third-order valence-corrected chi connectivity index (χ3v) is 5.33. The number of hydrogen-bond donors (Lipinski definition) is 0. The topological polar surface area (TPSA) is 86.5 Å². The molecule has 5 rings (SSSR count). The minimum atomic E-state index is -0.378. The number of fused-ring (bicyclic) bond motifs is 3. The highest BCUT2D eigenvalue weighted by Gasteiger charge is 2.26. The van der Waals surface area contributed by atoms with Crippen LogP contribution >= 0.6 is 15.9 Å². The molecule has 0 unspecified atom stereocenters. The van der Waals surface area contributed by atoms with E-state index in [4.69, 9.17) is 9.41 Å². The van der Waals surface area contributed by atoms with Gasteiger partial charge in [-0.05, 0) is 36.4 Å². The van der Waals surface area contributed by atoms with Crippen LogP contribution in [0, 0.1) is 10.1 Å². The maximum Gasteiger partial charge on any atom is 0.278 e. The lowest BCUT2D eigenvalue weighted by Gasteiger charge is -2.12. The van der Waals surface area contributed by atoms with Crippen LogP contribution in [0.1, 0.15) is 16.8 Å². The van der Waals surface area contributed by atoms with E-state index in [0.717, 1.165) is 21.4 Å². The first-order valence-corrected chi connectivity index (χ1v) is 9.61. The minimum Gasteiger partial charge on any atom is -0.463 e. The Balaban J connectivity index is 1.77. The van der Waals surface area contributed by atoms with E-state index in [-0.39, 0.29) is 10.6 Å². The fourth-order valence-corrected chi connectivity index (χ4v) is 3.92. The van der Waals surface area contributed by atoms with E-state index >= 15 is 0 Å². The molecule has 7 nitrogen and oxygen atoms in total. The Labute approximate surface area is 173 Å². The van der Waals surface area contributed by atoms with Crippen molar-refractivity contribution in [3.63, 3.8) is 0 Å². The highest BCUT2D eigenvalue weighted by molar-refractivity contribution is 9.10. The van der Waals surface area contributed by atoms with Crippen molar-refractivity contribution < 1.29 is 9.34 Å². The molecule has 2 aromatic heterocycles. The van der Waals surface area contributed by atoms with Gasteiger partial charge in [0.1, 0.15) is 12.0 Å². The van der Waals surface area contributed by atoms with Crippen molar-refractivity contribution in [3.8, 4) is 17.1 Å². The summed E-state index contributed by atoms with van der Waals surface area (Å²) in [6.45, 7) is 0.309. The number of imidazole rings is 1. The molecule has 4 aromatic rings. The molecule has 0 bridgehead atoms. The van der Waals surface area contributed by atoms with Crippen molar-refractivity contribution in [3.05, 3.63) is 98.6 Å². The van der Waals surface area contributed by atoms with Crippen LogP contribution in [0.15, 0.2) is 81.1 Å². The molecule has 0 spiro atoms. The first-order chi connectivity index (χ1) is 14.1. The maximum atomic E-state index is 11.6. The quantitative estimate of drug-likeness (QED) is 0.320. The summed E-state index contributed by atoms with van der Waals surface area (Å²) < 4.78 is 8.35. The summed E-state index contributed by atoms with van der Waals surface area (Å²) in [4.78, 5) is 20.6. The average Bonchev–Trinajstić information content (AvgIpc) is 3.35. The zero-order valence-corrected chi connectivity index (χ0v) is 16.5. The first-order valence-electron chi connectivity index (χ1n) is 8.82. The van der Waals surface area contributed by atoms with Gasteiger partial charge in [-0.3, -0.25) is 19.7 Å². The van der Waals surface area contributed by atoms with Crippen LogP contribution in [-0.2, 0) is 6.54 Å². The Bertz CT molecular complexity index is 1280. The molecule has 0 radical (unpaired) electrons. The normalized spacial score (nSPS) is 12.7. The molecule has 0 aliphatic carbocycles. The van der Waals surface area contributed by atoms with E-state index < -0.39 is 0 Å². The Morgan fingerprint density at radius 2 is 1.97 bits per heavy atom. The van der Waals surface area contributed by atoms with Crippen LogP contribution in [0.2, 0.25) is 0 Å². The lowest BCUT2D eigenvalue weighted by molar-refractivity contribution is -0.385. The van der Waals surface area contributed by atoms with Crippen molar-refractivity contribution in [2.75, 3.05) is 0 Å². The molecule has 2 aromatic carbocycles. The lowest BCUT2D eigenvalue weighted by atomic mass is 9.99. The molecule has 0 amide bonds. The molecule has 0 saturated heterocycles. The predicted octanol–water partition coefficient (Wildman–Crippen LogP) is 5.15. The first kappa shape index (κ1) is 17.6. The summed E-state index contributed by atoms with van der Waals surface area (Å²) in [6, 6.07) is 16.1. The molecule has 142 valence electrons. The number of nitro groups is 1. The maximum absolute atomic E-state index is 11.6. The molecule has 1 aliphatic rings. The number of halogens is 1. The van der Waals surface area contributed by atoms with E-state index in [0.29, 0.717) is 29.3 Å². The van der Waals surface area contributed by atoms with E-state index in [1.165, 1.54) is 6.07 Å². The van der Waals surface area contributed by atoms with Crippen LogP contribution < -0.4 is 0 Å². The largest absolute Gasteiger partial charge is 0.463 e. The number of nitrogens with zero attached hydrogens (tertiary/aromatic N) is 4. The summed E-state index contributed by atoms with van der Waals surface area (Å²) >= 11 is 3.51. The predicted molar refractivity (Wildman–Crippen MR) is 111 cm³/mol. The molecular formula is C21H13BrN4O3. The zero-order valence-electron chi connectivity index (χ0n) is 14.9. The molecule has 3 heterocycles. The van der Waals surface area contributed by atoms with E-state index in [9.17, 15) is 10.1 Å². The Kier molecular flexibility index (Phi) is 4.13. The molecule has 1 aliphatic heterocycles. The third-order valence-electron chi connectivity index (χ3n) is 4.84. The molecule has 0 N–H and O–H groups in total. The minimum absolute atomic E-state index is 0.0214. The smallest absolute Gasteiger partial charge is 0.278 e. The fraction of sp³-hybridized carbons (Fsp3) is 0.0476. The summed E-state index contributed by atoms with van der Waals surface area (Å²) in [5, 5.41) is 11.6. The van der Waals surface area contributed by atoms with Gasteiger partial charge in [0.05, 0.1) is 40.4 Å². The van der Waals surface area contributed by atoms with Crippen LogP contribution in [0.4, 0.5) is 5.69 Å². The van der Waals surface area contributed by atoms with E-state index in [1.54, 1.807) is 30.8 Å². The van der Waals surface area contributed by atoms with Gasteiger partial charge < -0.3 is 4.42 Å². The van der Waals surface area contributed by atoms with Crippen molar-refractivity contribution in [2.24, 2.45) is 4.99 Å². The molecule has 0 saturated carbocycles. The monoisotopic (exact) mass is 448 g/mol. The molecule has 8 heteroatoms. The second-order valence-corrected chi connectivity index (χ2v) is 7.40. The highest BCUT2D eigenvalue weighted by Crippen LogP contribution is 2.33. The van der Waals surface area contributed by atoms with Gasteiger partial charge in [-0.25, -0.2) is 4.98 Å². The lowest BCUT2D eigenvalue weighted by Crippen LogP contribution is -2.09. The Morgan fingerprint density at radius 1 is 1.10 bits per heavy atom. The van der Waals surface area contributed by atoms with Crippen LogP contribution in [0.5, 0.6) is 0 Å². The van der Waals surface area contributed by atoms with Crippen LogP contribution in [-0.4, -0.2) is 20.2 Å². The summed E-state index contributed by atoms with van der Waals surface area (Å²) in [5.74, 6) is 0.654. The average molecular weight is 449 g/mol. The number of rotatable bonds is 3. The van der Waals surface area contributed by atoms with Gasteiger partial charge in [0.2, 0.25) is 0 Å². The van der Waals surface area contributed by atoms with E-state index in [1.807, 2.05) is 34.9 Å². The highest BCUT2D eigenvalue weighted by atomic mass is 79.9. The van der Waals surface area contributed by atoms with Gasteiger partial charge in [0.15, 0.2) is 5.76 Å². The van der Waals surface area contributed by atoms with Crippen LogP contribution in [0.25, 0.3) is 17.1 Å². The van der Waals surface area contributed by atoms with Gasteiger partial charge >= 0.3 is 0 Å². The number of aromatic nitrogens is 2. The zero-order chi connectivity index (χ0) is 20.0. The van der Waals surface area contributed by atoms with Crippen molar-refractivity contribution in [2.45, 2.75) is 6.54 Å². The number of benzene rings is 2.